The van der Waals surface area contributed by atoms with E-state index in [-0.39, 0.29) is 39.3 Å². The first kappa shape index (κ1) is 22.2. The molecule has 0 aliphatic rings. The normalized spacial score (nSPS) is 11.1. The summed E-state index contributed by atoms with van der Waals surface area (Å²) in [6, 6.07) is 10.6. The summed E-state index contributed by atoms with van der Waals surface area (Å²) in [6.07, 6.45) is 0.973. The molecule has 0 aliphatic heterocycles. The molecular formula is C9H15CoNNiO4S. The SMILES string of the molecule is C[C@H](N)Cc1ccccc1.O=S(=O)(O)O.[Co].[Ni]. The van der Waals surface area contributed by atoms with Gasteiger partial charge in [0.1, 0.15) is 0 Å². The topological polar surface area (TPSA) is 101 Å². The van der Waals surface area contributed by atoms with E-state index >= 15 is 0 Å². The van der Waals surface area contributed by atoms with Crippen LogP contribution in [-0.2, 0) is 50.1 Å². The molecule has 0 fully saturated rings. The molecule has 4 N–H and O–H groups in total. The van der Waals surface area contributed by atoms with Crippen LogP contribution >= 0.6 is 0 Å². The minimum Gasteiger partial charge on any atom is -0.328 e. The Labute approximate surface area is 122 Å². The fourth-order valence-corrected chi connectivity index (χ4v) is 0.986. The first-order chi connectivity index (χ1) is 6.79. The summed E-state index contributed by atoms with van der Waals surface area (Å²) in [7, 11) is -4.67. The molecule has 0 amide bonds. The third-order valence-corrected chi connectivity index (χ3v) is 1.40. The molecule has 0 spiro atoms. The zero-order valence-electron chi connectivity index (χ0n) is 9.02. The van der Waals surface area contributed by atoms with E-state index in [4.69, 9.17) is 23.3 Å². The van der Waals surface area contributed by atoms with Crippen LogP contribution in [0.5, 0.6) is 0 Å². The van der Waals surface area contributed by atoms with Crippen molar-refractivity contribution in [2.45, 2.75) is 19.4 Å². The average Bonchev–Trinajstić information content (AvgIpc) is 2.01. The van der Waals surface area contributed by atoms with E-state index in [1.807, 2.05) is 25.1 Å². The Morgan fingerprint density at radius 3 is 1.88 bits per heavy atom. The van der Waals surface area contributed by atoms with E-state index in [0.29, 0.717) is 0 Å². The molecule has 0 bridgehead atoms. The molecule has 1 aromatic carbocycles. The smallest absolute Gasteiger partial charge is 0.328 e. The number of hydrogen-bond donors (Lipinski definition) is 3. The van der Waals surface area contributed by atoms with Gasteiger partial charge in [-0.05, 0) is 18.9 Å². The van der Waals surface area contributed by atoms with E-state index in [9.17, 15) is 0 Å². The summed E-state index contributed by atoms with van der Waals surface area (Å²) in [5, 5.41) is 0. The fraction of sp³-hybridized carbons (Fsp3) is 0.333. The third kappa shape index (κ3) is 21.8. The molecule has 0 aliphatic carbocycles. The maximum atomic E-state index is 8.74. The van der Waals surface area contributed by atoms with Crippen molar-refractivity contribution in [2.75, 3.05) is 0 Å². The first-order valence-corrected chi connectivity index (χ1v) is 5.68. The van der Waals surface area contributed by atoms with Crippen LogP contribution in [0.4, 0.5) is 0 Å². The van der Waals surface area contributed by atoms with Crippen molar-refractivity contribution in [3.05, 3.63) is 35.9 Å². The first-order valence-electron chi connectivity index (χ1n) is 4.28. The van der Waals surface area contributed by atoms with Crippen molar-refractivity contribution >= 4 is 10.4 Å². The molecule has 1 atom stereocenters. The van der Waals surface area contributed by atoms with Crippen LogP contribution in [0.25, 0.3) is 0 Å². The van der Waals surface area contributed by atoms with E-state index in [1.54, 1.807) is 0 Å². The largest absolute Gasteiger partial charge is 0.394 e. The molecule has 1 rings (SSSR count). The van der Waals surface area contributed by atoms with Crippen LogP contribution in [0.15, 0.2) is 30.3 Å². The summed E-state index contributed by atoms with van der Waals surface area (Å²) in [4.78, 5) is 0. The van der Waals surface area contributed by atoms with Gasteiger partial charge in [0.2, 0.25) is 0 Å². The van der Waals surface area contributed by atoms with Gasteiger partial charge in [-0.1, -0.05) is 30.3 Å². The van der Waals surface area contributed by atoms with Gasteiger partial charge in [-0.25, -0.2) is 0 Å². The van der Waals surface area contributed by atoms with E-state index in [2.05, 4.69) is 12.1 Å². The predicted octanol–water partition coefficient (Wildman–Crippen LogP) is 0.919. The van der Waals surface area contributed by atoms with Crippen molar-refractivity contribution in [3.8, 4) is 0 Å². The molecular weight excluding hydrogens is 336 g/mol. The van der Waals surface area contributed by atoms with Crippen LogP contribution < -0.4 is 5.73 Å². The summed E-state index contributed by atoms with van der Waals surface area (Å²) in [6.45, 7) is 2.02. The number of rotatable bonds is 2. The Balaban J connectivity index is -0.000000247. The van der Waals surface area contributed by atoms with Gasteiger partial charge in [0.05, 0.1) is 0 Å². The van der Waals surface area contributed by atoms with Crippen LogP contribution in [0, 0.1) is 0 Å². The molecule has 1 aromatic rings. The molecule has 0 saturated heterocycles. The molecule has 0 unspecified atom stereocenters. The van der Waals surface area contributed by atoms with E-state index in [1.165, 1.54) is 5.56 Å². The van der Waals surface area contributed by atoms with Gasteiger partial charge in [-0.15, -0.1) is 0 Å². The Morgan fingerprint density at radius 2 is 1.59 bits per heavy atom. The summed E-state index contributed by atoms with van der Waals surface area (Å²) >= 11 is 0. The standard InChI is InChI=1S/C9H13N.Co.Ni.H2O4S/c1-8(10)7-9-5-3-2-4-6-9;;;1-5(2,3)4/h2-6,8H,7,10H2,1H3;;;(H2,1,2,3,4)/t8-;;;/m0.../s1. The molecule has 105 valence electrons. The van der Waals surface area contributed by atoms with Crippen LogP contribution in [0.2, 0.25) is 0 Å². The molecule has 0 heterocycles. The fourth-order valence-electron chi connectivity index (χ4n) is 0.986. The van der Waals surface area contributed by atoms with Gasteiger partial charge < -0.3 is 5.73 Å². The molecule has 0 saturated carbocycles. The van der Waals surface area contributed by atoms with Crippen LogP contribution in [-0.4, -0.2) is 23.6 Å². The van der Waals surface area contributed by atoms with Crippen molar-refractivity contribution in [3.63, 3.8) is 0 Å². The van der Waals surface area contributed by atoms with Crippen molar-refractivity contribution in [1.29, 1.82) is 0 Å². The summed E-state index contributed by atoms with van der Waals surface area (Å²) in [5.41, 5.74) is 6.94. The molecule has 5 nitrogen and oxygen atoms in total. The van der Waals surface area contributed by atoms with E-state index in [0.717, 1.165) is 6.42 Å². The van der Waals surface area contributed by atoms with Crippen molar-refractivity contribution in [2.24, 2.45) is 5.73 Å². The minimum absolute atomic E-state index is 0. The second-order valence-electron chi connectivity index (χ2n) is 3.11. The number of nitrogens with two attached hydrogens (primary N) is 1. The Morgan fingerprint density at radius 1 is 1.24 bits per heavy atom. The summed E-state index contributed by atoms with van der Waals surface area (Å²) < 4.78 is 31.6. The van der Waals surface area contributed by atoms with Gasteiger partial charge in [-0.3, -0.25) is 9.11 Å². The maximum Gasteiger partial charge on any atom is 0.394 e. The maximum absolute atomic E-state index is 8.74. The average molecular weight is 351 g/mol. The Kier molecular flexibility index (Phi) is 14.6. The molecule has 17 heavy (non-hydrogen) atoms. The second-order valence-corrected chi connectivity index (χ2v) is 4.01. The van der Waals surface area contributed by atoms with Gasteiger partial charge in [0.25, 0.3) is 0 Å². The third-order valence-electron chi connectivity index (χ3n) is 1.40. The zero-order chi connectivity index (χ0) is 11.9. The minimum atomic E-state index is -4.67. The number of hydrogen-bond acceptors (Lipinski definition) is 3. The second kappa shape index (κ2) is 11.2. The van der Waals surface area contributed by atoms with Crippen LogP contribution in [0.1, 0.15) is 12.5 Å². The van der Waals surface area contributed by atoms with Gasteiger partial charge in [0, 0.05) is 39.3 Å². The van der Waals surface area contributed by atoms with Crippen molar-refractivity contribution in [1.82, 2.24) is 0 Å². The summed E-state index contributed by atoms with van der Waals surface area (Å²) in [5.74, 6) is 0. The van der Waals surface area contributed by atoms with Crippen molar-refractivity contribution < 1.29 is 50.8 Å². The van der Waals surface area contributed by atoms with Gasteiger partial charge >= 0.3 is 10.4 Å². The molecule has 8 heteroatoms. The monoisotopic (exact) mass is 350 g/mol. The Hall–Kier alpha value is 0.0500. The van der Waals surface area contributed by atoms with Crippen LogP contribution in [0.3, 0.4) is 0 Å². The molecule has 0 aromatic heterocycles. The zero-order valence-corrected chi connectivity index (χ0v) is 11.9. The quantitative estimate of drug-likeness (QED) is 0.544. The molecule has 1 radical (unpaired) electrons. The van der Waals surface area contributed by atoms with E-state index < -0.39 is 10.4 Å². The van der Waals surface area contributed by atoms with Gasteiger partial charge in [-0.2, -0.15) is 8.42 Å². The number of benzene rings is 1. The van der Waals surface area contributed by atoms with Gasteiger partial charge in [0.15, 0.2) is 0 Å². The predicted molar refractivity (Wildman–Crippen MR) is 58.0 cm³/mol. The Bertz CT molecular complexity index is 364.